The Bertz CT molecular complexity index is 676. The lowest BCUT2D eigenvalue weighted by Gasteiger charge is -2.09. The summed E-state index contributed by atoms with van der Waals surface area (Å²) in [4.78, 5) is 11.7. The Balaban J connectivity index is 2.18. The van der Waals surface area contributed by atoms with Gasteiger partial charge in [0.05, 0.1) is 12.7 Å². The molecule has 0 radical (unpaired) electrons. The third-order valence-corrected chi connectivity index (χ3v) is 3.26. The van der Waals surface area contributed by atoms with Crippen LogP contribution in [0.2, 0.25) is 0 Å². The molecule has 0 N–H and O–H groups in total. The first-order chi connectivity index (χ1) is 9.69. The molecule has 1 aliphatic heterocycles. The summed E-state index contributed by atoms with van der Waals surface area (Å²) in [5, 5.41) is 0. The summed E-state index contributed by atoms with van der Waals surface area (Å²) in [5.74, 6) is 1.08. The SMILES string of the molecule is COC(=O)c1ccc2c(c1)-c1ccc(C)cc1OCO2. The number of hydrogen-bond acceptors (Lipinski definition) is 4. The van der Waals surface area contributed by atoms with E-state index in [9.17, 15) is 4.79 Å². The first kappa shape index (κ1) is 12.5. The second-order valence-electron chi connectivity index (χ2n) is 4.61. The van der Waals surface area contributed by atoms with Crippen LogP contribution in [0.15, 0.2) is 36.4 Å². The number of rotatable bonds is 1. The molecule has 1 heterocycles. The zero-order valence-electron chi connectivity index (χ0n) is 11.3. The highest BCUT2D eigenvalue weighted by atomic mass is 16.7. The molecule has 4 heteroatoms. The van der Waals surface area contributed by atoms with Crippen LogP contribution in [0.25, 0.3) is 11.1 Å². The summed E-state index contributed by atoms with van der Waals surface area (Å²) in [6, 6.07) is 11.1. The predicted molar refractivity (Wildman–Crippen MR) is 74.1 cm³/mol. The molecular weight excluding hydrogens is 256 g/mol. The Hall–Kier alpha value is -2.49. The van der Waals surface area contributed by atoms with E-state index >= 15 is 0 Å². The summed E-state index contributed by atoms with van der Waals surface area (Å²) >= 11 is 0. The second-order valence-corrected chi connectivity index (χ2v) is 4.61. The Labute approximate surface area is 116 Å². The maximum atomic E-state index is 11.7. The summed E-state index contributed by atoms with van der Waals surface area (Å²) in [6.07, 6.45) is 0. The van der Waals surface area contributed by atoms with Crippen molar-refractivity contribution >= 4 is 5.97 Å². The molecule has 0 amide bonds. The molecule has 0 saturated carbocycles. The molecule has 0 fully saturated rings. The molecule has 3 rings (SSSR count). The van der Waals surface area contributed by atoms with Gasteiger partial charge >= 0.3 is 5.97 Å². The molecule has 0 spiro atoms. The molecular formula is C16H14O4. The minimum atomic E-state index is -0.369. The summed E-state index contributed by atoms with van der Waals surface area (Å²) in [5.41, 5.74) is 3.34. The topological polar surface area (TPSA) is 44.8 Å². The van der Waals surface area contributed by atoms with E-state index in [4.69, 9.17) is 14.2 Å². The largest absolute Gasteiger partial charge is 0.465 e. The number of methoxy groups -OCH3 is 1. The van der Waals surface area contributed by atoms with Gasteiger partial charge in [-0.25, -0.2) is 4.79 Å². The standard InChI is InChI=1S/C16H14O4/c1-10-3-5-12-13-8-11(16(17)18-2)4-6-14(13)19-9-20-15(12)7-10/h3-8H,9H2,1-2H3. The number of ether oxygens (including phenoxy) is 3. The van der Waals surface area contributed by atoms with E-state index in [-0.39, 0.29) is 12.8 Å². The van der Waals surface area contributed by atoms with E-state index in [0.29, 0.717) is 11.3 Å². The molecule has 20 heavy (non-hydrogen) atoms. The van der Waals surface area contributed by atoms with Gasteiger partial charge in [0.2, 0.25) is 6.79 Å². The van der Waals surface area contributed by atoms with Gasteiger partial charge < -0.3 is 14.2 Å². The zero-order chi connectivity index (χ0) is 14.1. The molecule has 0 atom stereocenters. The van der Waals surface area contributed by atoms with Crippen LogP contribution in [0, 0.1) is 6.92 Å². The molecule has 2 aromatic rings. The Morgan fingerprint density at radius 3 is 2.65 bits per heavy atom. The van der Waals surface area contributed by atoms with E-state index in [2.05, 4.69) is 0 Å². The van der Waals surface area contributed by atoms with Crippen molar-refractivity contribution in [2.75, 3.05) is 13.9 Å². The summed E-state index contributed by atoms with van der Waals surface area (Å²) in [6.45, 7) is 2.15. The van der Waals surface area contributed by atoms with Crippen LogP contribution >= 0.6 is 0 Å². The number of hydrogen-bond donors (Lipinski definition) is 0. The lowest BCUT2D eigenvalue weighted by atomic mass is 10.00. The third kappa shape index (κ3) is 2.09. The smallest absolute Gasteiger partial charge is 0.337 e. The van der Waals surface area contributed by atoms with Gasteiger partial charge in [0.25, 0.3) is 0 Å². The fourth-order valence-electron chi connectivity index (χ4n) is 2.24. The Morgan fingerprint density at radius 1 is 1.05 bits per heavy atom. The van der Waals surface area contributed by atoms with E-state index in [0.717, 1.165) is 22.4 Å². The number of carbonyl (C=O) groups excluding carboxylic acids is 1. The van der Waals surface area contributed by atoms with Crippen molar-refractivity contribution in [1.29, 1.82) is 0 Å². The number of carbonyl (C=O) groups is 1. The average Bonchev–Trinajstić information content (AvgIpc) is 2.64. The van der Waals surface area contributed by atoms with Gasteiger partial charge in [0.1, 0.15) is 11.5 Å². The lowest BCUT2D eigenvalue weighted by molar-refractivity contribution is 0.0600. The quantitative estimate of drug-likeness (QED) is 0.747. The molecule has 4 nitrogen and oxygen atoms in total. The van der Waals surface area contributed by atoms with Crippen molar-refractivity contribution in [2.24, 2.45) is 0 Å². The molecule has 0 aliphatic carbocycles. The molecule has 102 valence electrons. The van der Waals surface area contributed by atoms with Gasteiger partial charge in [-0.1, -0.05) is 12.1 Å². The van der Waals surface area contributed by atoms with Crippen LogP contribution in [0.1, 0.15) is 15.9 Å². The number of esters is 1. The van der Waals surface area contributed by atoms with E-state index in [1.54, 1.807) is 18.2 Å². The van der Waals surface area contributed by atoms with Crippen LogP contribution in [-0.2, 0) is 4.74 Å². The highest BCUT2D eigenvalue weighted by molar-refractivity contribution is 5.92. The minimum Gasteiger partial charge on any atom is -0.465 e. The van der Waals surface area contributed by atoms with Gasteiger partial charge in [0.15, 0.2) is 0 Å². The molecule has 1 aliphatic rings. The van der Waals surface area contributed by atoms with Crippen molar-refractivity contribution in [3.63, 3.8) is 0 Å². The molecule has 2 aromatic carbocycles. The number of aryl methyl sites for hydroxylation is 1. The second kappa shape index (κ2) is 4.89. The fourth-order valence-corrected chi connectivity index (χ4v) is 2.24. The van der Waals surface area contributed by atoms with Crippen molar-refractivity contribution in [2.45, 2.75) is 6.92 Å². The average molecular weight is 270 g/mol. The number of fused-ring (bicyclic) bond motifs is 3. The zero-order valence-corrected chi connectivity index (χ0v) is 11.3. The third-order valence-electron chi connectivity index (χ3n) is 3.26. The number of benzene rings is 2. The highest BCUT2D eigenvalue weighted by Gasteiger charge is 2.18. The fraction of sp³-hybridized carbons (Fsp3) is 0.188. The lowest BCUT2D eigenvalue weighted by Crippen LogP contribution is -2.04. The molecule has 0 saturated heterocycles. The normalized spacial score (nSPS) is 12.3. The van der Waals surface area contributed by atoms with Crippen molar-refractivity contribution in [3.8, 4) is 22.6 Å². The summed E-state index contributed by atoms with van der Waals surface area (Å²) in [7, 11) is 1.37. The first-order valence-corrected chi connectivity index (χ1v) is 6.28. The predicted octanol–water partition coefficient (Wildman–Crippen LogP) is 3.18. The van der Waals surface area contributed by atoms with E-state index in [1.165, 1.54) is 7.11 Å². The summed E-state index contributed by atoms with van der Waals surface area (Å²) < 4.78 is 15.9. The first-order valence-electron chi connectivity index (χ1n) is 6.28. The van der Waals surface area contributed by atoms with Gasteiger partial charge in [0, 0.05) is 11.1 Å². The minimum absolute atomic E-state index is 0.154. The van der Waals surface area contributed by atoms with E-state index in [1.807, 2.05) is 25.1 Å². The van der Waals surface area contributed by atoms with Crippen LogP contribution in [-0.4, -0.2) is 19.9 Å². The highest BCUT2D eigenvalue weighted by Crippen LogP contribution is 2.39. The maximum Gasteiger partial charge on any atom is 0.337 e. The molecule has 0 aromatic heterocycles. The Morgan fingerprint density at radius 2 is 1.85 bits per heavy atom. The van der Waals surface area contributed by atoms with Crippen molar-refractivity contribution < 1.29 is 19.0 Å². The van der Waals surface area contributed by atoms with Gasteiger partial charge in [-0.2, -0.15) is 0 Å². The van der Waals surface area contributed by atoms with Gasteiger partial charge in [-0.05, 0) is 36.8 Å². The van der Waals surface area contributed by atoms with Gasteiger partial charge in [-0.15, -0.1) is 0 Å². The van der Waals surface area contributed by atoms with Crippen LogP contribution < -0.4 is 9.47 Å². The van der Waals surface area contributed by atoms with Crippen LogP contribution in [0.5, 0.6) is 11.5 Å². The molecule has 0 bridgehead atoms. The Kier molecular flexibility index (Phi) is 3.06. The van der Waals surface area contributed by atoms with E-state index < -0.39 is 0 Å². The monoisotopic (exact) mass is 270 g/mol. The van der Waals surface area contributed by atoms with Gasteiger partial charge in [-0.3, -0.25) is 0 Å². The molecule has 0 unspecified atom stereocenters. The van der Waals surface area contributed by atoms with Crippen molar-refractivity contribution in [3.05, 3.63) is 47.5 Å². The maximum absolute atomic E-state index is 11.7. The van der Waals surface area contributed by atoms with Crippen LogP contribution in [0.3, 0.4) is 0 Å². The van der Waals surface area contributed by atoms with Crippen molar-refractivity contribution in [1.82, 2.24) is 0 Å². The van der Waals surface area contributed by atoms with Crippen LogP contribution in [0.4, 0.5) is 0 Å².